The Morgan fingerprint density at radius 3 is 2.57 bits per heavy atom. The minimum atomic E-state index is -0.0665. The molecule has 0 saturated carbocycles. The summed E-state index contributed by atoms with van der Waals surface area (Å²) in [6.07, 6.45) is 3.33. The van der Waals surface area contributed by atoms with Crippen LogP contribution in [0.2, 0.25) is 0 Å². The number of nitrogens with two attached hydrogens (primary N) is 1. The Morgan fingerprint density at radius 1 is 1.38 bits per heavy atom. The normalized spacial score (nSPS) is 15.1. The highest BCUT2D eigenvalue weighted by molar-refractivity contribution is 5.95. The number of amides is 1. The van der Waals surface area contributed by atoms with E-state index in [0.29, 0.717) is 24.5 Å². The van der Waals surface area contributed by atoms with Crippen LogP contribution in [0.3, 0.4) is 0 Å². The Bertz CT molecular complexity index is 450. The molecule has 1 fully saturated rings. The number of hydrogen-bond donors (Lipinski definition) is 1. The molecule has 120 valence electrons. The summed E-state index contributed by atoms with van der Waals surface area (Å²) in [6.45, 7) is 5.25. The first-order valence-corrected chi connectivity index (χ1v) is 6.74. The van der Waals surface area contributed by atoms with Crippen molar-refractivity contribution in [3.8, 4) is 5.75 Å². The number of likely N-dealkylation sites (tertiary alicyclic amines) is 1. The maximum Gasteiger partial charge on any atom is 0.276 e. The molecule has 1 aromatic heterocycles. The maximum absolute atomic E-state index is 12.5. The van der Waals surface area contributed by atoms with Crippen molar-refractivity contribution in [2.24, 2.45) is 5.73 Å². The lowest BCUT2D eigenvalue weighted by Crippen LogP contribution is -2.43. The van der Waals surface area contributed by atoms with E-state index >= 15 is 0 Å². The monoisotopic (exact) mass is 335 g/mol. The molecule has 1 amide bonds. The van der Waals surface area contributed by atoms with E-state index in [4.69, 9.17) is 10.5 Å². The molecular weight excluding hydrogens is 313 g/mol. The lowest BCUT2D eigenvalue weighted by Gasteiger charge is -2.30. The van der Waals surface area contributed by atoms with Crippen molar-refractivity contribution in [3.63, 3.8) is 0 Å². The Morgan fingerprint density at radius 2 is 2.00 bits per heavy atom. The Balaban J connectivity index is 0.00000200. The van der Waals surface area contributed by atoms with Crippen LogP contribution in [-0.4, -0.2) is 41.0 Å². The van der Waals surface area contributed by atoms with Crippen LogP contribution in [0.25, 0.3) is 0 Å². The van der Waals surface area contributed by atoms with E-state index in [0.717, 1.165) is 12.8 Å². The van der Waals surface area contributed by atoms with Gasteiger partial charge in [-0.15, -0.1) is 24.8 Å². The molecular formula is C14H23Cl2N3O2. The van der Waals surface area contributed by atoms with Crippen LogP contribution in [0.4, 0.5) is 0 Å². The SMILES string of the molecule is CC(C)Oc1cccnc1C(=O)N1CCC(N)CC1.Cl.Cl. The zero-order valence-electron chi connectivity index (χ0n) is 12.3. The summed E-state index contributed by atoms with van der Waals surface area (Å²) in [5.41, 5.74) is 6.25. The molecule has 0 bridgehead atoms. The van der Waals surface area contributed by atoms with Gasteiger partial charge in [-0.25, -0.2) is 4.98 Å². The third kappa shape index (κ3) is 5.34. The van der Waals surface area contributed by atoms with Gasteiger partial charge in [0, 0.05) is 25.3 Å². The van der Waals surface area contributed by atoms with E-state index < -0.39 is 0 Å². The van der Waals surface area contributed by atoms with Gasteiger partial charge in [0.15, 0.2) is 11.4 Å². The average Bonchev–Trinajstić information content (AvgIpc) is 2.39. The van der Waals surface area contributed by atoms with Gasteiger partial charge in [-0.3, -0.25) is 4.79 Å². The number of piperidine rings is 1. The summed E-state index contributed by atoms with van der Waals surface area (Å²) in [7, 11) is 0. The van der Waals surface area contributed by atoms with Gasteiger partial charge < -0.3 is 15.4 Å². The molecule has 0 atom stereocenters. The largest absolute Gasteiger partial charge is 0.489 e. The van der Waals surface area contributed by atoms with E-state index in [1.54, 1.807) is 23.2 Å². The number of carbonyl (C=O) groups is 1. The Labute approximate surface area is 138 Å². The second-order valence-electron chi connectivity index (χ2n) is 5.15. The van der Waals surface area contributed by atoms with Crippen molar-refractivity contribution in [1.29, 1.82) is 0 Å². The van der Waals surface area contributed by atoms with Crippen LogP contribution in [0.15, 0.2) is 18.3 Å². The van der Waals surface area contributed by atoms with Gasteiger partial charge in [-0.05, 0) is 38.8 Å². The first kappa shape index (κ1) is 20.0. The van der Waals surface area contributed by atoms with Crippen molar-refractivity contribution in [2.75, 3.05) is 13.1 Å². The second-order valence-corrected chi connectivity index (χ2v) is 5.15. The van der Waals surface area contributed by atoms with Crippen LogP contribution in [0.5, 0.6) is 5.75 Å². The predicted molar refractivity (Wildman–Crippen MR) is 87.6 cm³/mol. The minimum Gasteiger partial charge on any atom is -0.489 e. The van der Waals surface area contributed by atoms with Crippen molar-refractivity contribution in [2.45, 2.75) is 38.8 Å². The van der Waals surface area contributed by atoms with E-state index in [9.17, 15) is 4.79 Å². The zero-order valence-corrected chi connectivity index (χ0v) is 14.0. The molecule has 1 saturated heterocycles. The molecule has 21 heavy (non-hydrogen) atoms. The highest BCUT2D eigenvalue weighted by Gasteiger charge is 2.25. The summed E-state index contributed by atoms with van der Waals surface area (Å²) in [6, 6.07) is 3.77. The maximum atomic E-state index is 12.5. The summed E-state index contributed by atoms with van der Waals surface area (Å²) < 4.78 is 5.64. The van der Waals surface area contributed by atoms with Crippen LogP contribution in [0, 0.1) is 0 Å². The van der Waals surface area contributed by atoms with Crippen LogP contribution in [-0.2, 0) is 0 Å². The fraction of sp³-hybridized carbons (Fsp3) is 0.571. The molecule has 5 nitrogen and oxygen atoms in total. The van der Waals surface area contributed by atoms with Crippen molar-refractivity contribution in [1.82, 2.24) is 9.88 Å². The fourth-order valence-electron chi connectivity index (χ4n) is 2.15. The average molecular weight is 336 g/mol. The smallest absolute Gasteiger partial charge is 0.276 e. The molecule has 2 rings (SSSR count). The number of ether oxygens (including phenoxy) is 1. The van der Waals surface area contributed by atoms with Crippen LogP contribution >= 0.6 is 24.8 Å². The molecule has 7 heteroatoms. The number of halogens is 2. The molecule has 0 spiro atoms. The third-order valence-electron chi connectivity index (χ3n) is 3.16. The molecule has 2 N–H and O–H groups in total. The van der Waals surface area contributed by atoms with Crippen molar-refractivity contribution < 1.29 is 9.53 Å². The second kappa shape index (κ2) is 9.07. The van der Waals surface area contributed by atoms with Gasteiger partial charge in [0.1, 0.15) is 0 Å². The summed E-state index contributed by atoms with van der Waals surface area (Å²) in [4.78, 5) is 18.4. The van der Waals surface area contributed by atoms with Gasteiger partial charge in [0.05, 0.1) is 6.10 Å². The van der Waals surface area contributed by atoms with Crippen LogP contribution in [0.1, 0.15) is 37.2 Å². The van der Waals surface area contributed by atoms with E-state index in [-0.39, 0.29) is 42.9 Å². The lowest BCUT2D eigenvalue weighted by molar-refractivity contribution is 0.0702. The van der Waals surface area contributed by atoms with Gasteiger partial charge in [-0.2, -0.15) is 0 Å². The summed E-state index contributed by atoms with van der Waals surface area (Å²) in [5, 5.41) is 0. The first-order chi connectivity index (χ1) is 9.08. The van der Waals surface area contributed by atoms with Crippen LogP contribution < -0.4 is 10.5 Å². The lowest BCUT2D eigenvalue weighted by atomic mass is 10.1. The molecule has 1 aliphatic heterocycles. The fourth-order valence-corrected chi connectivity index (χ4v) is 2.15. The molecule has 0 aromatic carbocycles. The number of hydrogen-bond acceptors (Lipinski definition) is 4. The number of pyridine rings is 1. The molecule has 1 aromatic rings. The highest BCUT2D eigenvalue weighted by Crippen LogP contribution is 2.20. The number of carbonyl (C=O) groups excluding carboxylic acids is 1. The first-order valence-electron chi connectivity index (χ1n) is 6.74. The van der Waals surface area contributed by atoms with E-state index in [1.165, 1.54) is 0 Å². The van der Waals surface area contributed by atoms with Gasteiger partial charge >= 0.3 is 0 Å². The predicted octanol–water partition coefficient (Wildman–Crippen LogP) is 2.28. The topological polar surface area (TPSA) is 68.5 Å². The third-order valence-corrected chi connectivity index (χ3v) is 3.16. The molecule has 2 heterocycles. The zero-order chi connectivity index (χ0) is 13.8. The number of rotatable bonds is 3. The molecule has 0 unspecified atom stereocenters. The van der Waals surface area contributed by atoms with E-state index in [2.05, 4.69) is 4.98 Å². The molecule has 0 radical (unpaired) electrons. The van der Waals surface area contributed by atoms with E-state index in [1.807, 2.05) is 13.8 Å². The minimum absolute atomic E-state index is 0. The Kier molecular flexibility index (Phi) is 8.63. The highest BCUT2D eigenvalue weighted by atomic mass is 35.5. The van der Waals surface area contributed by atoms with Gasteiger partial charge in [0.25, 0.3) is 5.91 Å². The summed E-state index contributed by atoms with van der Waals surface area (Å²) in [5.74, 6) is 0.487. The summed E-state index contributed by atoms with van der Waals surface area (Å²) >= 11 is 0. The van der Waals surface area contributed by atoms with Gasteiger partial charge in [0.2, 0.25) is 0 Å². The standard InChI is InChI=1S/C14H21N3O2.2ClH/c1-10(2)19-12-4-3-7-16-13(12)14(18)17-8-5-11(15)6-9-17;;/h3-4,7,10-11H,5-6,8-9,15H2,1-2H3;2*1H. The van der Waals surface area contributed by atoms with Crippen molar-refractivity contribution >= 4 is 30.7 Å². The Hall–Kier alpha value is -1.04. The molecule has 0 aliphatic carbocycles. The quantitative estimate of drug-likeness (QED) is 0.919. The van der Waals surface area contributed by atoms with Crippen molar-refractivity contribution in [3.05, 3.63) is 24.0 Å². The molecule has 1 aliphatic rings. The van der Waals surface area contributed by atoms with Gasteiger partial charge in [-0.1, -0.05) is 0 Å². The number of nitrogens with zero attached hydrogens (tertiary/aromatic N) is 2. The number of aromatic nitrogens is 1.